The molecule has 0 fully saturated rings. The molecule has 1 aromatic heterocycles. The van der Waals surface area contributed by atoms with E-state index in [0.717, 1.165) is 24.0 Å². The van der Waals surface area contributed by atoms with Gasteiger partial charge in [-0.1, -0.05) is 37.2 Å². The third kappa shape index (κ3) is 2.45. The van der Waals surface area contributed by atoms with Crippen LogP contribution in [0.15, 0.2) is 30.3 Å². The molecule has 18 heavy (non-hydrogen) atoms. The molecule has 2 aromatic rings. The second-order valence-corrected chi connectivity index (χ2v) is 3.87. The normalized spacial score (nSPS) is 10.1. The van der Waals surface area contributed by atoms with Crippen molar-refractivity contribution in [3.63, 3.8) is 0 Å². The number of rotatable bonds is 4. The molecule has 0 aliphatic rings. The molecule has 0 atom stereocenters. The highest BCUT2D eigenvalue weighted by Gasteiger charge is 2.14. The molecule has 0 saturated heterocycles. The highest BCUT2D eigenvalue weighted by atomic mass is 16.5. The third-order valence-corrected chi connectivity index (χ3v) is 2.67. The molecule has 0 spiro atoms. The fourth-order valence-electron chi connectivity index (χ4n) is 1.89. The van der Waals surface area contributed by atoms with Crippen LogP contribution in [0, 0.1) is 0 Å². The lowest BCUT2D eigenvalue weighted by Crippen LogP contribution is -2.22. The zero-order chi connectivity index (χ0) is 13.0. The number of nitrogens with two attached hydrogens (primary N) is 1. The molecular weight excluding hydrogens is 225 g/mol. The molecule has 0 amide bonds. The van der Waals surface area contributed by atoms with E-state index < -0.39 is 0 Å². The topological polar surface area (TPSA) is 61.0 Å². The number of ether oxygens (including phenoxy) is 1. The average Bonchev–Trinajstić information content (AvgIpc) is 2.39. The summed E-state index contributed by atoms with van der Waals surface area (Å²) in [6.45, 7) is 4.56. The molecule has 0 unspecified atom stereocenters. The van der Waals surface area contributed by atoms with Crippen molar-refractivity contribution in [2.24, 2.45) is 0 Å². The summed E-state index contributed by atoms with van der Waals surface area (Å²) in [5, 5.41) is 0. The minimum atomic E-state index is 0.245. The van der Waals surface area contributed by atoms with Crippen LogP contribution in [0.4, 0.5) is 5.95 Å². The lowest BCUT2D eigenvalue weighted by atomic mass is 9.71. The molecule has 1 aromatic carbocycles. The Morgan fingerprint density at radius 3 is 2.56 bits per heavy atom. The Kier molecular flexibility index (Phi) is 3.82. The Labute approximate surface area is 107 Å². The largest absolute Gasteiger partial charge is 0.478 e. The van der Waals surface area contributed by atoms with Gasteiger partial charge in [-0.25, -0.2) is 4.98 Å². The number of hydrogen-bond acceptors (Lipinski definition) is 4. The lowest BCUT2D eigenvalue weighted by Gasteiger charge is -2.12. The summed E-state index contributed by atoms with van der Waals surface area (Å²) in [5.74, 6) is 0.834. The summed E-state index contributed by atoms with van der Waals surface area (Å²) in [6, 6.07) is 9.96. The molecule has 0 radical (unpaired) electrons. The fourth-order valence-corrected chi connectivity index (χ4v) is 1.89. The van der Waals surface area contributed by atoms with Crippen molar-refractivity contribution in [2.75, 3.05) is 12.3 Å². The molecule has 0 aliphatic carbocycles. The Balaban J connectivity index is 2.59. The smallest absolute Gasteiger partial charge is 0.223 e. The van der Waals surface area contributed by atoms with Crippen molar-refractivity contribution >= 4 is 18.7 Å². The van der Waals surface area contributed by atoms with E-state index in [2.05, 4.69) is 16.8 Å². The SMILES string of the molecule is CBc1c(OCC)nc(N)nc1-c1ccccc1. The third-order valence-electron chi connectivity index (χ3n) is 2.67. The van der Waals surface area contributed by atoms with E-state index in [0.29, 0.717) is 12.5 Å². The Hall–Kier alpha value is -2.04. The highest BCUT2D eigenvalue weighted by molar-refractivity contribution is 6.55. The maximum Gasteiger partial charge on any atom is 0.223 e. The second-order valence-electron chi connectivity index (χ2n) is 3.87. The van der Waals surface area contributed by atoms with Gasteiger partial charge in [0.1, 0.15) is 0 Å². The number of nitrogen functional groups attached to an aromatic ring is 1. The van der Waals surface area contributed by atoms with E-state index in [9.17, 15) is 0 Å². The van der Waals surface area contributed by atoms with Crippen LogP contribution in [0.3, 0.4) is 0 Å². The summed E-state index contributed by atoms with van der Waals surface area (Å²) in [4.78, 5) is 8.51. The minimum Gasteiger partial charge on any atom is -0.478 e. The van der Waals surface area contributed by atoms with Crippen LogP contribution in [0.25, 0.3) is 11.3 Å². The zero-order valence-corrected chi connectivity index (χ0v) is 10.7. The predicted octanol–water partition coefficient (Wildman–Crippen LogP) is 1.23. The quantitative estimate of drug-likeness (QED) is 0.818. The summed E-state index contributed by atoms with van der Waals surface area (Å²) in [7, 11) is 0.805. The number of nitrogens with zero attached hydrogens (tertiary/aromatic N) is 2. The van der Waals surface area contributed by atoms with Gasteiger partial charge >= 0.3 is 0 Å². The van der Waals surface area contributed by atoms with Gasteiger partial charge in [0, 0.05) is 5.46 Å². The van der Waals surface area contributed by atoms with Gasteiger partial charge in [0.05, 0.1) is 12.3 Å². The van der Waals surface area contributed by atoms with Crippen molar-refractivity contribution in [3.8, 4) is 17.1 Å². The fraction of sp³-hybridized carbons (Fsp3) is 0.231. The highest BCUT2D eigenvalue weighted by Crippen LogP contribution is 2.19. The molecule has 2 N–H and O–H groups in total. The molecule has 1 heterocycles. The number of benzene rings is 1. The van der Waals surface area contributed by atoms with Crippen LogP contribution >= 0.6 is 0 Å². The van der Waals surface area contributed by atoms with Gasteiger partial charge < -0.3 is 10.5 Å². The summed E-state index contributed by atoms with van der Waals surface area (Å²) >= 11 is 0. The first kappa shape index (κ1) is 12.4. The van der Waals surface area contributed by atoms with Crippen molar-refractivity contribution in [1.29, 1.82) is 0 Å². The standard InChI is InChI=1S/C13H16BN3O/c1-3-18-12-10(14-2)11(16-13(15)17-12)9-7-5-4-6-8-9/h4-8,14H,3H2,1-2H3,(H2,15,16,17). The lowest BCUT2D eigenvalue weighted by molar-refractivity contribution is 0.330. The number of anilines is 1. The Bertz CT molecular complexity index is 531. The Morgan fingerprint density at radius 1 is 1.22 bits per heavy atom. The van der Waals surface area contributed by atoms with Crippen molar-refractivity contribution < 1.29 is 4.74 Å². The van der Waals surface area contributed by atoms with Crippen LogP contribution in [-0.4, -0.2) is 23.9 Å². The first-order chi connectivity index (χ1) is 8.76. The maximum atomic E-state index is 5.75. The monoisotopic (exact) mass is 241 g/mol. The molecular formula is C13H16BN3O. The van der Waals surface area contributed by atoms with Crippen molar-refractivity contribution in [2.45, 2.75) is 13.7 Å². The maximum absolute atomic E-state index is 5.75. The van der Waals surface area contributed by atoms with Gasteiger partial charge in [0.25, 0.3) is 0 Å². The number of aromatic nitrogens is 2. The predicted molar refractivity (Wildman–Crippen MR) is 75.7 cm³/mol. The molecule has 5 heteroatoms. The average molecular weight is 241 g/mol. The van der Waals surface area contributed by atoms with Crippen LogP contribution in [0.1, 0.15) is 6.92 Å². The van der Waals surface area contributed by atoms with Gasteiger partial charge in [-0.2, -0.15) is 4.98 Å². The molecule has 2 rings (SSSR count). The first-order valence-corrected chi connectivity index (χ1v) is 6.10. The summed E-state index contributed by atoms with van der Waals surface area (Å²) in [6.07, 6.45) is 0. The van der Waals surface area contributed by atoms with Gasteiger partial charge in [0.15, 0.2) is 7.28 Å². The van der Waals surface area contributed by atoms with Crippen molar-refractivity contribution in [3.05, 3.63) is 30.3 Å². The van der Waals surface area contributed by atoms with Crippen LogP contribution in [0.2, 0.25) is 6.82 Å². The zero-order valence-electron chi connectivity index (χ0n) is 10.7. The second kappa shape index (κ2) is 5.53. The van der Waals surface area contributed by atoms with E-state index in [-0.39, 0.29) is 5.95 Å². The molecule has 0 saturated carbocycles. The van der Waals surface area contributed by atoms with Crippen LogP contribution < -0.4 is 15.9 Å². The Morgan fingerprint density at radius 2 is 1.94 bits per heavy atom. The van der Waals surface area contributed by atoms with E-state index in [1.807, 2.05) is 37.3 Å². The molecule has 0 aliphatic heterocycles. The minimum absolute atomic E-state index is 0.245. The first-order valence-electron chi connectivity index (χ1n) is 6.10. The molecule has 0 bridgehead atoms. The van der Waals surface area contributed by atoms with Crippen LogP contribution in [-0.2, 0) is 0 Å². The van der Waals surface area contributed by atoms with E-state index in [1.165, 1.54) is 0 Å². The summed E-state index contributed by atoms with van der Waals surface area (Å²) < 4.78 is 5.54. The van der Waals surface area contributed by atoms with Crippen LogP contribution in [0.5, 0.6) is 5.88 Å². The van der Waals surface area contributed by atoms with Gasteiger partial charge in [-0.3, -0.25) is 0 Å². The van der Waals surface area contributed by atoms with Crippen molar-refractivity contribution in [1.82, 2.24) is 9.97 Å². The molecule has 92 valence electrons. The van der Waals surface area contributed by atoms with Gasteiger partial charge in [0.2, 0.25) is 11.8 Å². The van der Waals surface area contributed by atoms with Gasteiger partial charge in [-0.05, 0) is 12.5 Å². The molecule has 4 nitrogen and oxygen atoms in total. The van der Waals surface area contributed by atoms with E-state index in [1.54, 1.807) is 0 Å². The van der Waals surface area contributed by atoms with Gasteiger partial charge in [-0.15, -0.1) is 0 Å². The van der Waals surface area contributed by atoms with E-state index >= 15 is 0 Å². The number of hydrogen-bond donors (Lipinski definition) is 1. The summed E-state index contributed by atoms with van der Waals surface area (Å²) in [5.41, 5.74) is 8.63. The van der Waals surface area contributed by atoms with E-state index in [4.69, 9.17) is 10.5 Å².